The molecule has 0 atom stereocenters. The fourth-order valence-corrected chi connectivity index (χ4v) is 1.52. The van der Waals surface area contributed by atoms with E-state index in [2.05, 4.69) is 10.00 Å². The van der Waals surface area contributed by atoms with Crippen molar-refractivity contribution >= 4 is 0 Å². The summed E-state index contributed by atoms with van der Waals surface area (Å²) in [6.07, 6.45) is 1.83. The Morgan fingerprint density at radius 2 is 2.42 bits per heavy atom. The molecular weight excluding hydrogens is 152 g/mol. The van der Waals surface area contributed by atoms with Gasteiger partial charge in [-0.1, -0.05) is 0 Å². The van der Waals surface area contributed by atoms with Crippen LogP contribution < -0.4 is 5.73 Å². The van der Waals surface area contributed by atoms with E-state index in [0.717, 1.165) is 19.6 Å². The molecule has 0 bridgehead atoms. The first kappa shape index (κ1) is 7.76. The molecule has 0 amide bonds. The van der Waals surface area contributed by atoms with Crippen LogP contribution in [0.3, 0.4) is 0 Å². The summed E-state index contributed by atoms with van der Waals surface area (Å²) in [5.41, 5.74) is 6.92. The van der Waals surface area contributed by atoms with Crippen LogP contribution in [0.25, 0.3) is 0 Å². The molecule has 2 rings (SSSR count). The lowest BCUT2D eigenvalue weighted by Gasteiger charge is -2.36. The molecule has 0 saturated carbocycles. The molecular formula is C8H14N4. The summed E-state index contributed by atoms with van der Waals surface area (Å²) in [5, 5.41) is 4.11. The second-order valence-corrected chi connectivity index (χ2v) is 3.40. The van der Waals surface area contributed by atoms with E-state index in [4.69, 9.17) is 5.73 Å². The molecule has 12 heavy (non-hydrogen) atoms. The molecule has 0 unspecified atom stereocenters. The first-order valence-corrected chi connectivity index (χ1v) is 4.20. The molecule has 4 heteroatoms. The van der Waals surface area contributed by atoms with E-state index in [9.17, 15) is 0 Å². The van der Waals surface area contributed by atoms with Gasteiger partial charge in [-0.3, -0.25) is 9.58 Å². The summed E-state index contributed by atoms with van der Waals surface area (Å²) >= 11 is 0. The minimum absolute atomic E-state index is 0.387. The van der Waals surface area contributed by atoms with Gasteiger partial charge in [-0.15, -0.1) is 0 Å². The van der Waals surface area contributed by atoms with Gasteiger partial charge in [0.15, 0.2) is 0 Å². The quantitative estimate of drug-likeness (QED) is 0.648. The van der Waals surface area contributed by atoms with Crippen molar-refractivity contribution < 1.29 is 0 Å². The van der Waals surface area contributed by atoms with Crippen molar-refractivity contribution in [2.24, 2.45) is 12.8 Å². The van der Waals surface area contributed by atoms with Crippen molar-refractivity contribution in [2.75, 3.05) is 13.1 Å². The Hall–Kier alpha value is -0.870. The van der Waals surface area contributed by atoms with E-state index in [1.807, 2.05) is 24.0 Å². The van der Waals surface area contributed by atoms with Crippen molar-refractivity contribution in [1.29, 1.82) is 0 Å². The van der Waals surface area contributed by atoms with Gasteiger partial charge in [-0.25, -0.2) is 0 Å². The van der Waals surface area contributed by atoms with Crippen LogP contribution in [-0.2, 0) is 13.6 Å². The Labute approximate surface area is 72.0 Å². The zero-order chi connectivity index (χ0) is 8.55. The van der Waals surface area contributed by atoms with Gasteiger partial charge in [-0.05, 0) is 6.07 Å². The predicted molar refractivity (Wildman–Crippen MR) is 46.5 cm³/mol. The third-order valence-electron chi connectivity index (χ3n) is 2.29. The summed E-state index contributed by atoms with van der Waals surface area (Å²) in [7, 11) is 1.97. The van der Waals surface area contributed by atoms with Gasteiger partial charge >= 0.3 is 0 Å². The van der Waals surface area contributed by atoms with Gasteiger partial charge in [0.05, 0.1) is 5.69 Å². The summed E-state index contributed by atoms with van der Waals surface area (Å²) in [4.78, 5) is 2.32. The van der Waals surface area contributed by atoms with Gasteiger partial charge in [0, 0.05) is 38.9 Å². The number of rotatable bonds is 2. The Bertz CT molecular complexity index is 262. The van der Waals surface area contributed by atoms with Gasteiger partial charge in [-0.2, -0.15) is 5.10 Å². The van der Waals surface area contributed by atoms with Crippen molar-refractivity contribution in [3.05, 3.63) is 18.0 Å². The minimum Gasteiger partial charge on any atom is -0.325 e. The second kappa shape index (κ2) is 2.88. The van der Waals surface area contributed by atoms with Crippen LogP contribution in [0.4, 0.5) is 0 Å². The molecule has 1 fully saturated rings. The van der Waals surface area contributed by atoms with Crippen LogP contribution in [0.1, 0.15) is 5.69 Å². The SMILES string of the molecule is Cn1nccc1CN1CC(N)C1. The molecule has 2 heterocycles. The molecule has 66 valence electrons. The van der Waals surface area contributed by atoms with Crippen LogP contribution >= 0.6 is 0 Å². The first-order chi connectivity index (χ1) is 5.75. The molecule has 4 nitrogen and oxygen atoms in total. The van der Waals surface area contributed by atoms with Crippen LogP contribution in [-0.4, -0.2) is 33.8 Å². The third-order valence-corrected chi connectivity index (χ3v) is 2.29. The standard InChI is InChI=1S/C8H14N4/c1-11-8(2-3-10-11)6-12-4-7(9)5-12/h2-3,7H,4-6,9H2,1H3. The van der Waals surface area contributed by atoms with Crippen molar-refractivity contribution in [1.82, 2.24) is 14.7 Å². The average Bonchev–Trinajstić information content (AvgIpc) is 2.33. The third kappa shape index (κ3) is 1.35. The predicted octanol–water partition coefficient (Wildman–Crippen LogP) is -0.437. The van der Waals surface area contributed by atoms with Crippen molar-refractivity contribution in [2.45, 2.75) is 12.6 Å². The van der Waals surface area contributed by atoms with E-state index < -0.39 is 0 Å². The zero-order valence-corrected chi connectivity index (χ0v) is 7.27. The zero-order valence-electron chi connectivity index (χ0n) is 7.27. The summed E-state index contributed by atoms with van der Waals surface area (Å²) in [5.74, 6) is 0. The minimum atomic E-state index is 0.387. The lowest BCUT2D eigenvalue weighted by molar-refractivity contribution is 0.139. The van der Waals surface area contributed by atoms with E-state index in [1.54, 1.807) is 0 Å². The van der Waals surface area contributed by atoms with Gasteiger partial charge in [0.25, 0.3) is 0 Å². The van der Waals surface area contributed by atoms with Crippen molar-refractivity contribution in [3.8, 4) is 0 Å². The average molecular weight is 166 g/mol. The number of nitrogens with zero attached hydrogens (tertiary/aromatic N) is 3. The number of aromatic nitrogens is 2. The highest BCUT2D eigenvalue weighted by molar-refractivity contribution is 5.01. The van der Waals surface area contributed by atoms with Gasteiger partial charge < -0.3 is 5.73 Å². The van der Waals surface area contributed by atoms with Crippen LogP contribution in [0.15, 0.2) is 12.3 Å². The number of likely N-dealkylation sites (tertiary alicyclic amines) is 1. The van der Waals surface area contributed by atoms with Crippen molar-refractivity contribution in [3.63, 3.8) is 0 Å². The molecule has 0 radical (unpaired) electrons. The highest BCUT2D eigenvalue weighted by Gasteiger charge is 2.23. The largest absolute Gasteiger partial charge is 0.325 e. The number of aryl methyl sites for hydroxylation is 1. The van der Waals surface area contributed by atoms with Crippen LogP contribution in [0.5, 0.6) is 0 Å². The Morgan fingerprint density at radius 3 is 2.92 bits per heavy atom. The first-order valence-electron chi connectivity index (χ1n) is 4.20. The van der Waals surface area contributed by atoms with E-state index in [1.165, 1.54) is 5.69 Å². The molecule has 0 spiro atoms. The molecule has 1 saturated heterocycles. The van der Waals surface area contributed by atoms with E-state index >= 15 is 0 Å². The maximum Gasteiger partial charge on any atom is 0.0521 e. The maximum atomic E-state index is 5.67. The number of hydrogen-bond acceptors (Lipinski definition) is 3. The van der Waals surface area contributed by atoms with Crippen LogP contribution in [0.2, 0.25) is 0 Å². The molecule has 0 aromatic carbocycles. The lowest BCUT2D eigenvalue weighted by Crippen LogP contribution is -2.55. The number of nitrogens with two attached hydrogens (primary N) is 1. The molecule has 1 aromatic rings. The molecule has 1 aliphatic rings. The molecule has 1 aromatic heterocycles. The summed E-state index contributed by atoms with van der Waals surface area (Å²) in [6.45, 7) is 3.01. The van der Waals surface area contributed by atoms with Gasteiger partial charge in [0.1, 0.15) is 0 Å². The fourth-order valence-electron chi connectivity index (χ4n) is 1.52. The Balaban J connectivity index is 1.92. The normalized spacial score (nSPS) is 19.5. The Kier molecular flexibility index (Phi) is 1.86. The summed E-state index contributed by atoms with van der Waals surface area (Å²) < 4.78 is 1.91. The molecule has 1 aliphatic heterocycles. The molecule has 0 aliphatic carbocycles. The Morgan fingerprint density at radius 1 is 1.67 bits per heavy atom. The highest BCUT2D eigenvalue weighted by Crippen LogP contribution is 2.10. The monoisotopic (exact) mass is 166 g/mol. The highest BCUT2D eigenvalue weighted by atomic mass is 15.3. The smallest absolute Gasteiger partial charge is 0.0521 e. The lowest BCUT2D eigenvalue weighted by atomic mass is 10.1. The van der Waals surface area contributed by atoms with Gasteiger partial charge in [0.2, 0.25) is 0 Å². The number of hydrogen-bond donors (Lipinski definition) is 1. The van der Waals surface area contributed by atoms with E-state index in [0.29, 0.717) is 6.04 Å². The topological polar surface area (TPSA) is 47.1 Å². The van der Waals surface area contributed by atoms with Crippen LogP contribution in [0, 0.1) is 0 Å². The maximum absolute atomic E-state index is 5.67. The van der Waals surface area contributed by atoms with E-state index in [-0.39, 0.29) is 0 Å². The summed E-state index contributed by atoms with van der Waals surface area (Å²) in [6, 6.07) is 2.43. The second-order valence-electron chi connectivity index (χ2n) is 3.40. The molecule has 2 N–H and O–H groups in total. The fraction of sp³-hybridized carbons (Fsp3) is 0.625.